The molecule has 2 fully saturated rings. The van der Waals surface area contributed by atoms with Crippen LogP contribution in [0.25, 0.3) is 0 Å². The molecule has 2 N–H and O–H groups in total. The third-order valence-electron chi connectivity index (χ3n) is 5.01. The third kappa shape index (κ3) is 3.34. The molecule has 0 aromatic heterocycles. The number of benzene rings is 1. The Labute approximate surface area is 152 Å². The second-order valence-corrected chi connectivity index (χ2v) is 8.60. The molecule has 1 saturated carbocycles. The van der Waals surface area contributed by atoms with E-state index < -0.39 is 27.4 Å². The zero-order valence-electron chi connectivity index (χ0n) is 14.5. The molecule has 1 amide bonds. The van der Waals surface area contributed by atoms with E-state index in [1.807, 2.05) is 0 Å². The van der Waals surface area contributed by atoms with E-state index in [2.05, 4.69) is 5.32 Å². The van der Waals surface area contributed by atoms with Crippen LogP contribution in [0.2, 0.25) is 0 Å². The lowest BCUT2D eigenvalue weighted by molar-refractivity contribution is -0.148. The number of carbonyl (C=O) groups excluding carboxylic acids is 1. The number of hydrogen-bond acceptors (Lipinski definition) is 5. The van der Waals surface area contributed by atoms with Gasteiger partial charge >= 0.3 is 5.97 Å². The number of aliphatic carboxylic acids is 1. The predicted octanol–water partition coefficient (Wildman–Crippen LogP) is 0.753. The Morgan fingerprint density at radius 2 is 1.88 bits per heavy atom. The summed E-state index contributed by atoms with van der Waals surface area (Å²) in [7, 11) is -3.74. The first-order valence-corrected chi connectivity index (χ1v) is 9.95. The van der Waals surface area contributed by atoms with E-state index in [9.17, 15) is 23.1 Å². The topological polar surface area (TPSA) is 113 Å². The summed E-state index contributed by atoms with van der Waals surface area (Å²) in [5, 5.41) is 11.9. The molecule has 142 valence electrons. The number of sulfonamides is 1. The number of hydrogen-bond donors (Lipinski definition) is 2. The molecule has 1 aliphatic heterocycles. The Balaban J connectivity index is 1.88. The van der Waals surface area contributed by atoms with Crippen molar-refractivity contribution >= 4 is 21.9 Å². The van der Waals surface area contributed by atoms with Crippen molar-refractivity contribution in [2.24, 2.45) is 0 Å². The Morgan fingerprint density at radius 3 is 2.42 bits per heavy atom. The van der Waals surface area contributed by atoms with Crippen LogP contribution in [0.15, 0.2) is 23.1 Å². The molecule has 26 heavy (non-hydrogen) atoms. The van der Waals surface area contributed by atoms with Gasteiger partial charge in [-0.05, 0) is 43.9 Å². The smallest absolute Gasteiger partial charge is 0.329 e. The fraction of sp³-hybridized carbons (Fsp3) is 0.529. The summed E-state index contributed by atoms with van der Waals surface area (Å²) >= 11 is 0. The molecular weight excluding hydrogens is 360 g/mol. The number of carboxylic acids is 1. The van der Waals surface area contributed by atoms with E-state index in [-0.39, 0.29) is 23.5 Å². The number of amides is 1. The quantitative estimate of drug-likeness (QED) is 0.777. The molecule has 1 saturated heterocycles. The first-order valence-electron chi connectivity index (χ1n) is 8.51. The average Bonchev–Trinajstić information content (AvgIpc) is 2.58. The summed E-state index contributed by atoms with van der Waals surface area (Å²) in [5.74, 6) is -1.64. The first-order chi connectivity index (χ1) is 12.3. The molecule has 1 aliphatic carbocycles. The highest BCUT2D eigenvalue weighted by atomic mass is 32.2. The van der Waals surface area contributed by atoms with Crippen molar-refractivity contribution in [1.29, 1.82) is 0 Å². The Kier molecular flexibility index (Phi) is 5.05. The minimum absolute atomic E-state index is 0.0602. The van der Waals surface area contributed by atoms with Gasteiger partial charge in [0.1, 0.15) is 5.54 Å². The molecule has 0 radical (unpaired) electrons. The molecule has 1 aromatic carbocycles. The number of rotatable bonds is 5. The van der Waals surface area contributed by atoms with Gasteiger partial charge in [-0.25, -0.2) is 13.2 Å². The monoisotopic (exact) mass is 382 g/mol. The molecule has 0 unspecified atom stereocenters. The van der Waals surface area contributed by atoms with Gasteiger partial charge in [-0.1, -0.05) is 6.07 Å². The van der Waals surface area contributed by atoms with Crippen LogP contribution in [0.5, 0.6) is 0 Å². The lowest BCUT2D eigenvalue weighted by atomic mass is 9.76. The van der Waals surface area contributed by atoms with Crippen LogP contribution in [0.4, 0.5) is 0 Å². The minimum Gasteiger partial charge on any atom is -0.480 e. The largest absolute Gasteiger partial charge is 0.480 e. The molecule has 0 bridgehead atoms. The summed E-state index contributed by atoms with van der Waals surface area (Å²) < 4.78 is 32.3. The van der Waals surface area contributed by atoms with E-state index in [4.69, 9.17) is 4.74 Å². The number of nitrogens with zero attached hydrogens (tertiary/aromatic N) is 1. The van der Waals surface area contributed by atoms with Gasteiger partial charge in [-0.2, -0.15) is 4.31 Å². The highest BCUT2D eigenvalue weighted by molar-refractivity contribution is 7.89. The van der Waals surface area contributed by atoms with E-state index in [0.717, 1.165) is 6.42 Å². The third-order valence-corrected chi connectivity index (χ3v) is 7.05. The second-order valence-electron chi connectivity index (χ2n) is 6.69. The Bertz CT molecular complexity index is 826. The predicted molar refractivity (Wildman–Crippen MR) is 92.4 cm³/mol. The van der Waals surface area contributed by atoms with Gasteiger partial charge in [-0.15, -0.1) is 0 Å². The number of ether oxygens (including phenoxy) is 1. The second kappa shape index (κ2) is 6.98. The minimum atomic E-state index is -3.74. The van der Waals surface area contributed by atoms with Gasteiger partial charge in [0.25, 0.3) is 5.91 Å². The van der Waals surface area contributed by atoms with E-state index in [1.54, 1.807) is 13.0 Å². The van der Waals surface area contributed by atoms with Crippen LogP contribution in [0, 0.1) is 6.92 Å². The number of aryl methyl sites for hydroxylation is 1. The van der Waals surface area contributed by atoms with Crippen molar-refractivity contribution in [2.45, 2.75) is 36.6 Å². The van der Waals surface area contributed by atoms with Crippen LogP contribution in [0.3, 0.4) is 0 Å². The molecule has 2 aliphatic rings. The van der Waals surface area contributed by atoms with Crippen LogP contribution in [-0.2, 0) is 19.6 Å². The average molecular weight is 382 g/mol. The molecule has 1 heterocycles. The summed E-state index contributed by atoms with van der Waals surface area (Å²) in [4.78, 5) is 24.0. The van der Waals surface area contributed by atoms with E-state index in [0.29, 0.717) is 31.6 Å². The van der Waals surface area contributed by atoms with Gasteiger partial charge in [0.2, 0.25) is 10.0 Å². The normalized spacial score (nSPS) is 20.2. The molecule has 3 rings (SSSR count). The van der Waals surface area contributed by atoms with Gasteiger partial charge in [-0.3, -0.25) is 4.79 Å². The van der Waals surface area contributed by atoms with Crippen molar-refractivity contribution in [2.75, 3.05) is 26.3 Å². The number of carboxylic acid groups (broad SMARTS) is 1. The SMILES string of the molecule is Cc1ccc(C(=O)NC2(C(=O)O)CCC2)cc1S(=O)(=O)N1CCOCC1. The van der Waals surface area contributed by atoms with Crippen LogP contribution in [0.1, 0.15) is 35.2 Å². The Morgan fingerprint density at radius 1 is 1.23 bits per heavy atom. The molecule has 1 aromatic rings. The van der Waals surface area contributed by atoms with Crippen LogP contribution >= 0.6 is 0 Å². The highest BCUT2D eigenvalue weighted by Crippen LogP contribution is 2.32. The summed E-state index contributed by atoms with van der Waals surface area (Å²) in [5.41, 5.74) is -0.579. The highest BCUT2D eigenvalue weighted by Gasteiger charge is 2.45. The molecular formula is C17H22N2O6S. The number of nitrogens with one attached hydrogen (secondary N) is 1. The van der Waals surface area contributed by atoms with Gasteiger partial charge in [0.15, 0.2) is 0 Å². The lowest BCUT2D eigenvalue weighted by Crippen LogP contribution is -2.59. The number of morpholine rings is 1. The molecule has 0 spiro atoms. The molecule has 0 atom stereocenters. The first kappa shape index (κ1) is 18.8. The van der Waals surface area contributed by atoms with Gasteiger partial charge in [0, 0.05) is 18.7 Å². The molecule has 9 heteroatoms. The zero-order chi connectivity index (χ0) is 18.9. The Hall–Kier alpha value is -1.97. The van der Waals surface area contributed by atoms with Crippen molar-refractivity contribution in [3.63, 3.8) is 0 Å². The maximum atomic E-state index is 12.9. The van der Waals surface area contributed by atoms with Crippen molar-refractivity contribution in [1.82, 2.24) is 9.62 Å². The van der Waals surface area contributed by atoms with Crippen molar-refractivity contribution < 1.29 is 27.9 Å². The fourth-order valence-corrected chi connectivity index (χ4v) is 4.82. The van der Waals surface area contributed by atoms with Crippen molar-refractivity contribution in [3.05, 3.63) is 29.3 Å². The lowest BCUT2D eigenvalue weighted by Gasteiger charge is -2.38. The van der Waals surface area contributed by atoms with E-state index in [1.165, 1.54) is 16.4 Å². The maximum absolute atomic E-state index is 12.9. The van der Waals surface area contributed by atoms with Gasteiger partial charge in [0.05, 0.1) is 18.1 Å². The summed E-state index contributed by atoms with van der Waals surface area (Å²) in [6.07, 6.45) is 1.48. The number of carbonyl (C=O) groups is 2. The standard InChI is InChI=1S/C17H22N2O6S/c1-12-3-4-13(15(20)18-17(16(21)22)5-2-6-17)11-14(12)26(23,24)19-7-9-25-10-8-19/h3-4,11H,2,5-10H2,1H3,(H,18,20)(H,21,22). The van der Waals surface area contributed by atoms with Crippen LogP contribution < -0.4 is 5.32 Å². The fourth-order valence-electron chi connectivity index (χ4n) is 3.16. The zero-order valence-corrected chi connectivity index (χ0v) is 15.3. The summed E-state index contributed by atoms with van der Waals surface area (Å²) in [6.45, 7) is 2.86. The molecule has 8 nitrogen and oxygen atoms in total. The van der Waals surface area contributed by atoms with Crippen LogP contribution in [-0.4, -0.2) is 61.5 Å². The van der Waals surface area contributed by atoms with E-state index >= 15 is 0 Å². The maximum Gasteiger partial charge on any atom is 0.329 e. The van der Waals surface area contributed by atoms with Crippen molar-refractivity contribution in [3.8, 4) is 0 Å². The summed E-state index contributed by atoms with van der Waals surface area (Å²) in [6, 6.07) is 4.40. The van der Waals surface area contributed by atoms with Gasteiger partial charge < -0.3 is 15.2 Å².